The molecule has 0 aliphatic heterocycles. The van der Waals surface area contributed by atoms with Crippen LogP contribution < -0.4 is 11.1 Å². The number of benzene rings is 1. The van der Waals surface area contributed by atoms with Gasteiger partial charge < -0.3 is 11.1 Å². The van der Waals surface area contributed by atoms with Crippen molar-refractivity contribution >= 4 is 39.0 Å². The fourth-order valence-corrected chi connectivity index (χ4v) is 2.25. The van der Waals surface area contributed by atoms with Crippen molar-refractivity contribution in [2.24, 2.45) is 5.73 Å². The summed E-state index contributed by atoms with van der Waals surface area (Å²) in [5.74, 6) is -0.156. The molecule has 1 aromatic carbocycles. The minimum Gasteiger partial charge on any atom is -0.392 e. The first-order valence-corrected chi connectivity index (χ1v) is 7.02. The van der Waals surface area contributed by atoms with Gasteiger partial charge in [-0.25, -0.2) is 0 Å². The summed E-state index contributed by atoms with van der Waals surface area (Å²) in [5, 5.41) is 2.87. The summed E-state index contributed by atoms with van der Waals surface area (Å²) in [5.41, 5.74) is 7.24. The maximum absolute atomic E-state index is 12.2. The molecule has 0 bridgehead atoms. The minimum atomic E-state index is -0.245. The van der Waals surface area contributed by atoms with Crippen LogP contribution in [0.4, 0.5) is 0 Å². The number of carbonyl (C=O) groups excluding carboxylic acids is 1. The van der Waals surface area contributed by atoms with Gasteiger partial charge in [0.25, 0.3) is 5.91 Å². The number of nitrogens with two attached hydrogens (primary N) is 1. The van der Waals surface area contributed by atoms with Crippen molar-refractivity contribution in [1.29, 1.82) is 0 Å². The third-order valence-electron chi connectivity index (χ3n) is 2.66. The molecule has 18 heavy (non-hydrogen) atoms. The topological polar surface area (TPSA) is 55.1 Å². The van der Waals surface area contributed by atoms with Gasteiger partial charge in [-0.1, -0.05) is 37.7 Å². The minimum absolute atomic E-state index is 0.156. The van der Waals surface area contributed by atoms with E-state index in [1.807, 2.05) is 26.0 Å². The summed E-state index contributed by atoms with van der Waals surface area (Å²) in [7, 11) is 0. The predicted molar refractivity (Wildman–Crippen MR) is 81.8 cm³/mol. The lowest BCUT2D eigenvalue weighted by Gasteiger charge is -2.17. The lowest BCUT2D eigenvalue weighted by Crippen LogP contribution is -2.43. The third-order valence-corrected chi connectivity index (χ3v) is 4.00. The standard InChI is InChI=1S/C13H17BrN2OS/c1-3-5-10(12(15)18)16-13(17)9-7-4-6-8(2)11(9)14/h4,6-7,10H,3,5H2,1-2H3,(H2,15,18)(H,16,17). The Kier molecular flexibility index (Phi) is 5.75. The zero-order valence-electron chi connectivity index (χ0n) is 10.5. The lowest BCUT2D eigenvalue weighted by atomic mass is 10.1. The summed E-state index contributed by atoms with van der Waals surface area (Å²) in [6, 6.07) is 5.32. The summed E-state index contributed by atoms with van der Waals surface area (Å²) in [6.45, 7) is 3.97. The van der Waals surface area contributed by atoms with Crippen LogP contribution in [-0.2, 0) is 0 Å². The second-order valence-electron chi connectivity index (χ2n) is 4.15. The Balaban J connectivity index is 2.87. The number of hydrogen-bond donors (Lipinski definition) is 2. The van der Waals surface area contributed by atoms with Crippen LogP contribution in [-0.4, -0.2) is 16.9 Å². The zero-order valence-corrected chi connectivity index (χ0v) is 12.9. The van der Waals surface area contributed by atoms with Crippen LogP contribution in [0, 0.1) is 6.92 Å². The molecule has 3 N–H and O–H groups in total. The maximum atomic E-state index is 12.2. The Labute approximate surface area is 121 Å². The Bertz CT molecular complexity index is 462. The quantitative estimate of drug-likeness (QED) is 0.817. The molecule has 1 rings (SSSR count). The van der Waals surface area contributed by atoms with E-state index in [9.17, 15) is 4.79 Å². The summed E-state index contributed by atoms with van der Waals surface area (Å²) < 4.78 is 0.806. The number of amides is 1. The molecule has 98 valence electrons. The zero-order chi connectivity index (χ0) is 13.7. The van der Waals surface area contributed by atoms with Gasteiger partial charge in [-0.05, 0) is 40.9 Å². The van der Waals surface area contributed by atoms with Crippen molar-refractivity contribution in [3.63, 3.8) is 0 Å². The molecule has 0 saturated carbocycles. The van der Waals surface area contributed by atoms with Gasteiger partial charge in [-0.2, -0.15) is 0 Å². The molecule has 1 atom stereocenters. The number of hydrogen-bond acceptors (Lipinski definition) is 2. The highest BCUT2D eigenvalue weighted by Crippen LogP contribution is 2.21. The second-order valence-corrected chi connectivity index (χ2v) is 5.42. The summed E-state index contributed by atoms with van der Waals surface area (Å²) in [4.78, 5) is 12.5. The first kappa shape index (κ1) is 15.1. The van der Waals surface area contributed by atoms with E-state index in [-0.39, 0.29) is 11.9 Å². The Hall–Kier alpha value is -0.940. The van der Waals surface area contributed by atoms with E-state index < -0.39 is 0 Å². The molecule has 1 unspecified atom stereocenters. The second kappa shape index (κ2) is 6.85. The Morgan fingerprint density at radius 2 is 2.22 bits per heavy atom. The molecule has 0 spiro atoms. The predicted octanol–water partition coefficient (Wildman–Crippen LogP) is 2.94. The van der Waals surface area contributed by atoms with Gasteiger partial charge in [0.1, 0.15) is 0 Å². The molecule has 0 radical (unpaired) electrons. The molecule has 5 heteroatoms. The number of nitrogens with one attached hydrogen (secondary N) is 1. The van der Waals surface area contributed by atoms with Crippen LogP contribution in [0.2, 0.25) is 0 Å². The molecule has 0 aliphatic carbocycles. The molecule has 0 saturated heterocycles. The molecule has 1 aromatic rings. The molecule has 0 fully saturated rings. The number of thiocarbonyl (C=S) groups is 1. The van der Waals surface area contributed by atoms with Crippen LogP contribution in [0.5, 0.6) is 0 Å². The van der Waals surface area contributed by atoms with E-state index in [1.54, 1.807) is 6.07 Å². The van der Waals surface area contributed by atoms with Crippen LogP contribution in [0.15, 0.2) is 22.7 Å². The van der Waals surface area contributed by atoms with Crippen LogP contribution >= 0.6 is 28.1 Å². The molecule has 0 aliphatic rings. The van der Waals surface area contributed by atoms with Crippen molar-refractivity contribution in [2.75, 3.05) is 0 Å². The normalized spacial score (nSPS) is 11.9. The fourth-order valence-electron chi connectivity index (χ4n) is 1.63. The number of aryl methyl sites for hydroxylation is 1. The van der Waals surface area contributed by atoms with E-state index in [4.69, 9.17) is 18.0 Å². The van der Waals surface area contributed by atoms with Crippen molar-refractivity contribution in [3.8, 4) is 0 Å². The summed E-state index contributed by atoms with van der Waals surface area (Å²) in [6.07, 6.45) is 1.67. The van der Waals surface area contributed by atoms with E-state index in [0.29, 0.717) is 10.6 Å². The van der Waals surface area contributed by atoms with E-state index >= 15 is 0 Å². The van der Waals surface area contributed by atoms with Gasteiger partial charge in [0.2, 0.25) is 0 Å². The molecule has 3 nitrogen and oxygen atoms in total. The molecular formula is C13H17BrN2OS. The average molecular weight is 329 g/mol. The van der Waals surface area contributed by atoms with Crippen molar-refractivity contribution < 1.29 is 4.79 Å². The first-order chi connectivity index (χ1) is 8.47. The van der Waals surface area contributed by atoms with Gasteiger partial charge in [0.05, 0.1) is 16.6 Å². The van der Waals surface area contributed by atoms with Crippen LogP contribution in [0.1, 0.15) is 35.7 Å². The summed E-state index contributed by atoms with van der Waals surface area (Å²) >= 11 is 8.38. The largest absolute Gasteiger partial charge is 0.392 e. The molecule has 0 heterocycles. The van der Waals surface area contributed by atoms with Gasteiger partial charge in [-0.15, -0.1) is 0 Å². The average Bonchev–Trinajstić information content (AvgIpc) is 2.31. The molecular weight excluding hydrogens is 312 g/mol. The van der Waals surface area contributed by atoms with Gasteiger partial charge >= 0.3 is 0 Å². The Morgan fingerprint density at radius 1 is 1.56 bits per heavy atom. The third kappa shape index (κ3) is 3.78. The number of halogens is 1. The SMILES string of the molecule is CCCC(NC(=O)c1cccc(C)c1Br)C(N)=S. The van der Waals surface area contributed by atoms with E-state index in [0.717, 1.165) is 22.9 Å². The van der Waals surface area contributed by atoms with Gasteiger partial charge in [-0.3, -0.25) is 4.79 Å². The maximum Gasteiger partial charge on any atom is 0.252 e. The van der Waals surface area contributed by atoms with Crippen molar-refractivity contribution in [2.45, 2.75) is 32.7 Å². The fraction of sp³-hybridized carbons (Fsp3) is 0.385. The highest BCUT2D eigenvalue weighted by Gasteiger charge is 2.17. The number of carbonyl (C=O) groups is 1. The van der Waals surface area contributed by atoms with Crippen molar-refractivity contribution in [3.05, 3.63) is 33.8 Å². The number of rotatable bonds is 5. The Morgan fingerprint density at radius 3 is 2.78 bits per heavy atom. The molecule has 1 amide bonds. The van der Waals surface area contributed by atoms with E-state index in [2.05, 4.69) is 21.2 Å². The van der Waals surface area contributed by atoms with Crippen LogP contribution in [0.25, 0.3) is 0 Å². The smallest absolute Gasteiger partial charge is 0.252 e. The highest BCUT2D eigenvalue weighted by molar-refractivity contribution is 9.10. The van der Waals surface area contributed by atoms with Crippen LogP contribution in [0.3, 0.4) is 0 Å². The highest BCUT2D eigenvalue weighted by atomic mass is 79.9. The van der Waals surface area contributed by atoms with Gasteiger partial charge in [0, 0.05) is 4.47 Å². The van der Waals surface area contributed by atoms with Crippen molar-refractivity contribution in [1.82, 2.24) is 5.32 Å². The van der Waals surface area contributed by atoms with Gasteiger partial charge in [0.15, 0.2) is 0 Å². The molecule has 0 aromatic heterocycles. The lowest BCUT2D eigenvalue weighted by molar-refractivity contribution is 0.0945. The monoisotopic (exact) mass is 328 g/mol. The first-order valence-electron chi connectivity index (χ1n) is 5.82. The van der Waals surface area contributed by atoms with E-state index in [1.165, 1.54) is 0 Å².